The Morgan fingerprint density at radius 2 is 2.00 bits per heavy atom. The number of para-hydroxylation sites is 2. The lowest BCUT2D eigenvalue weighted by Gasteiger charge is -2.08. The first kappa shape index (κ1) is 15.4. The number of hydrogen-bond donors (Lipinski definition) is 2. The van der Waals surface area contributed by atoms with Crippen molar-refractivity contribution in [3.63, 3.8) is 0 Å². The van der Waals surface area contributed by atoms with Gasteiger partial charge in [-0.05, 0) is 30.3 Å². The van der Waals surface area contributed by atoms with E-state index in [1.807, 2.05) is 42.5 Å². The molecule has 0 radical (unpaired) electrons. The van der Waals surface area contributed by atoms with Crippen molar-refractivity contribution < 1.29 is 0 Å². The van der Waals surface area contributed by atoms with E-state index in [0.717, 1.165) is 33.0 Å². The van der Waals surface area contributed by atoms with E-state index < -0.39 is 0 Å². The second kappa shape index (κ2) is 6.43. The molecule has 0 spiro atoms. The van der Waals surface area contributed by atoms with Crippen LogP contribution in [0.3, 0.4) is 0 Å². The van der Waals surface area contributed by atoms with Crippen molar-refractivity contribution >= 4 is 51.3 Å². The van der Waals surface area contributed by atoms with Crippen molar-refractivity contribution in [1.29, 1.82) is 0 Å². The Morgan fingerprint density at radius 1 is 1.12 bits per heavy atom. The van der Waals surface area contributed by atoms with E-state index in [9.17, 15) is 0 Å². The number of aromatic nitrogens is 3. The summed E-state index contributed by atoms with van der Waals surface area (Å²) >= 11 is 13.7. The third-order valence-corrected chi connectivity index (χ3v) is 5.05. The zero-order valence-corrected chi connectivity index (χ0v) is 14.7. The topological polar surface area (TPSA) is 53.6 Å². The Hall–Kier alpha value is -2.08. The number of H-pyrrole nitrogens is 1. The molecule has 0 aliphatic rings. The molecule has 2 aromatic carbocycles. The van der Waals surface area contributed by atoms with E-state index in [1.54, 1.807) is 6.20 Å². The molecule has 2 N–H and O–H groups in total. The molecular weight excluding hydrogens is 363 g/mol. The average molecular weight is 375 g/mol. The molecule has 4 nitrogen and oxygen atoms in total. The molecule has 0 aliphatic heterocycles. The summed E-state index contributed by atoms with van der Waals surface area (Å²) in [5.41, 5.74) is 3.72. The maximum absolute atomic E-state index is 6.37. The van der Waals surface area contributed by atoms with Crippen LogP contribution in [-0.2, 0) is 6.54 Å². The monoisotopic (exact) mass is 374 g/mol. The highest BCUT2D eigenvalue weighted by Gasteiger charge is 2.10. The summed E-state index contributed by atoms with van der Waals surface area (Å²) in [6.07, 6.45) is 1.77. The lowest BCUT2D eigenvalue weighted by molar-refractivity contribution is 1.17. The Bertz CT molecular complexity index is 976. The molecule has 120 valence electrons. The van der Waals surface area contributed by atoms with Gasteiger partial charge in [-0.25, -0.2) is 9.97 Å². The highest BCUT2D eigenvalue weighted by atomic mass is 35.5. The van der Waals surface area contributed by atoms with Gasteiger partial charge in [0.05, 0.1) is 22.6 Å². The molecule has 0 atom stereocenters. The zero-order valence-electron chi connectivity index (χ0n) is 12.4. The fraction of sp³-hybridized carbons (Fsp3) is 0.0588. The Balaban J connectivity index is 1.63. The van der Waals surface area contributed by atoms with Crippen LogP contribution in [0.1, 0.15) is 4.88 Å². The Labute approximate surface area is 152 Å². The van der Waals surface area contributed by atoms with Crippen LogP contribution in [0, 0.1) is 0 Å². The van der Waals surface area contributed by atoms with Crippen molar-refractivity contribution in [2.75, 3.05) is 5.32 Å². The quantitative estimate of drug-likeness (QED) is 0.488. The van der Waals surface area contributed by atoms with Crippen LogP contribution < -0.4 is 5.32 Å². The van der Waals surface area contributed by atoms with Gasteiger partial charge in [0.2, 0.25) is 0 Å². The first-order chi connectivity index (χ1) is 11.7. The minimum absolute atomic E-state index is 0.547. The molecule has 0 fully saturated rings. The fourth-order valence-corrected chi connectivity index (χ4v) is 3.58. The number of nitrogens with one attached hydrogen (secondary N) is 2. The van der Waals surface area contributed by atoms with Gasteiger partial charge in [0, 0.05) is 22.3 Å². The number of benzene rings is 2. The van der Waals surface area contributed by atoms with Crippen molar-refractivity contribution in [1.82, 2.24) is 15.0 Å². The number of imidazole rings is 1. The molecule has 0 saturated carbocycles. The highest BCUT2D eigenvalue weighted by molar-refractivity contribution is 7.15. The number of nitrogens with zero attached hydrogens (tertiary/aromatic N) is 2. The minimum Gasteiger partial charge on any atom is -0.380 e. The van der Waals surface area contributed by atoms with Crippen LogP contribution in [0.4, 0.5) is 5.69 Å². The standard InChI is InChI=1S/C17H12Cl2N4S/c18-13-6-5-10(20-8-11-9-21-17(19)24-11)7-12(13)16-22-14-3-1-2-4-15(14)23-16/h1-7,9,20H,8H2,(H,22,23). The average Bonchev–Trinajstić information content (AvgIpc) is 3.20. The predicted octanol–water partition coefficient (Wildman–Crippen LogP) is 5.61. The maximum Gasteiger partial charge on any atom is 0.183 e. The molecule has 24 heavy (non-hydrogen) atoms. The van der Waals surface area contributed by atoms with Crippen LogP contribution in [0.15, 0.2) is 48.7 Å². The molecule has 0 saturated heterocycles. The molecule has 0 aliphatic carbocycles. The molecule has 0 unspecified atom stereocenters. The van der Waals surface area contributed by atoms with Crippen LogP contribution in [0.5, 0.6) is 0 Å². The van der Waals surface area contributed by atoms with Gasteiger partial charge < -0.3 is 10.3 Å². The Kier molecular flexibility index (Phi) is 4.14. The third kappa shape index (κ3) is 3.11. The maximum atomic E-state index is 6.37. The number of hydrogen-bond acceptors (Lipinski definition) is 4. The van der Waals surface area contributed by atoms with Gasteiger partial charge in [0.1, 0.15) is 5.82 Å². The largest absolute Gasteiger partial charge is 0.380 e. The van der Waals surface area contributed by atoms with Crippen molar-refractivity contribution in [2.45, 2.75) is 6.54 Å². The SMILES string of the molecule is Clc1ncc(CNc2ccc(Cl)c(-c3nc4ccccc4[nH]3)c2)s1. The minimum atomic E-state index is 0.547. The molecule has 0 amide bonds. The van der Waals surface area contributed by atoms with E-state index in [0.29, 0.717) is 16.0 Å². The van der Waals surface area contributed by atoms with Gasteiger partial charge in [-0.1, -0.05) is 35.3 Å². The van der Waals surface area contributed by atoms with Gasteiger partial charge in [0.15, 0.2) is 4.47 Å². The van der Waals surface area contributed by atoms with E-state index in [2.05, 4.69) is 20.3 Å². The van der Waals surface area contributed by atoms with Crippen LogP contribution in [-0.4, -0.2) is 15.0 Å². The number of halogens is 2. The second-order valence-electron chi connectivity index (χ2n) is 5.23. The predicted molar refractivity (Wildman–Crippen MR) is 101 cm³/mol. The molecule has 4 aromatic rings. The molecular formula is C17H12Cl2N4S. The fourth-order valence-electron chi connectivity index (χ4n) is 2.45. The van der Waals surface area contributed by atoms with Gasteiger partial charge >= 0.3 is 0 Å². The van der Waals surface area contributed by atoms with Crippen LogP contribution >= 0.6 is 34.5 Å². The van der Waals surface area contributed by atoms with Gasteiger partial charge in [-0.2, -0.15) is 0 Å². The normalized spacial score (nSPS) is 11.1. The summed E-state index contributed by atoms with van der Waals surface area (Å²) in [7, 11) is 0. The van der Waals surface area contributed by atoms with E-state index >= 15 is 0 Å². The second-order valence-corrected chi connectivity index (χ2v) is 7.33. The lowest BCUT2D eigenvalue weighted by Crippen LogP contribution is -1.97. The van der Waals surface area contributed by atoms with Gasteiger partial charge in [0.25, 0.3) is 0 Å². The van der Waals surface area contributed by atoms with E-state index in [-0.39, 0.29) is 0 Å². The summed E-state index contributed by atoms with van der Waals surface area (Å²) in [5, 5.41) is 4.01. The molecule has 4 rings (SSSR count). The number of thiazole rings is 1. The van der Waals surface area contributed by atoms with Crippen molar-refractivity contribution in [2.24, 2.45) is 0 Å². The van der Waals surface area contributed by atoms with E-state index in [4.69, 9.17) is 23.2 Å². The zero-order chi connectivity index (χ0) is 16.5. The summed E-state index contributed by atoms with van der Waals surface area (Å²) in [5.74, 6) is 0.755. The first-order valence-corrected chi connectivity index (χ1v) is 8.85. The number of rotatable bonds is 4. The molecule has 7 heteroatoms. The number of fused-ring (bicyclic) bond motifs is 1. The van der Waals surface area contributed by atoms with Gasteiger partial charge in [-0.15, -0.1) is 11.3 Å². The van der Waals surface area contributed by atoms with Crippen molar-refractivity contribution in [3.8, 4) is 11.4 Å². The smallest absolute Gasteiger partial charge is 0.183 e. The summed E-state index contributed by atoms with van der Waals surface area (Å²) in [4.78, 5) is 13.0. The molecule has 2 heterocycles. The number of anilines is 1. The summed E-state index contributed by atoms with van der Waals surface area (Å²) < 4.78 is 0.547. The third-order valence-electron chi connectivity index (χ3n) is 3.60. The summed E-state index contributed by atoms with van der Waals surface area (Å²) in [6.45, 7) is 0.658. The van der Waals surface area contributed by atoms with Crippen LogP contribution in [0.25, 0.3) is 22.4 Å². The summed E-state index contributed by atoms with van der Waals surface area (Å²) in [6, 6.07) is 13.7. The van der Waals surface area contributed by atoms with E-state index in [1.165, 1.54) is 11.3 Å². The Morgan fingerprint density at radius 3 is 2.79 bits per heavy atom. The molecule has 2 aromatic heterocycles. The number of aromatic amines is 1. The van der Waals surface area contributed by atoms with Gasteiger partial charge in [-0.3, -0.25) is 0 Å². The van der Waals surface area contributed by atoms with Crippen LogP contribution in [0.2, 0.25) is 9.49 Å². The molecule has 0 bridgehead atoms. The van der Waals surface area contributed by atoms with Crippen molar-refractivity contribution in [3.05, 3.63) is 63.0 Å². The first-order valence-electron chi connectivity index (χ1n) is 7.28. The highest BCUT2D eigenvalue weighted by Crippen LogP contribution is 2.30. The lowest BCUT2D eigenvalue weighted by atomic mass is 10.2.